The summed E-state index contributed by atoms with van der Waals surface area (Å²) in [6, 6.07) is 0. The maximum atomic E-state index is 10.9. The molecule has 0 aliphatic carbocycles. The van der Waals surface area contributed by atoms with Crippen LogP contribution in [-0.2, 0) is 14.8 Å². The van der Waals surface area contributed by atoms with Crippen molar-refractivity contribution in [2.75, 3.05) is 0 Å². The van der Waals surface area contributed by atoms with Crippen molar-refractivity contribution in [3.8, 4) is 0 Å². The number of hydrogen-bond acceptors (Lipinski definition) is 3. The summed E-state index contributed by atoms with van der Waals surface area (Å²) in [5.41, 5.74) is 0. The fourth-order valence-electron chi connectivity index (χ4n) is 0.743. The summed E-state index contributed by atoms with van der Waals surface area (Å²) in [6.07, 6.45) is 0.490. The number of hydrogen-bond donors (Lipinski definition) is 0. The summed E-state index contributed by atoms with van der Waals surface area (Å²) in [7, 11) is -3.39. The molecule has 4 nitrogen and oxygen atoms in total. The molecule has 1 aliphatic rings. The second kappa shape index (κ2) is 2.65. The Morgan fingerprint density at radius 3 is 2.73 bits per heavy atom. The molecule has 0 N–H and O–H groups in total. The summed E-state index contributed by atoms with van der Waals surface area (Å²) < 4.78 is 30.1. The minimum absolute atomic E-state index is 0.255. The number of rotatable bonds is 1. The van der Waals surface area contributed by atoms with Gasteiger partial charge in [0, 0.05) is 6.42 Å². The number of nitrogens with zero attached hydrogens (tertiary/aromatic N) is 1. The van der Waals surface area contributed by atoms with Gasteiger partial charge in [0.2, 0.25) is 5.90 Å². The first-order valence-electron chi connectivity index (χ1n) is 3.23. The highest BCUT2D eigenvalue weighted by molar-refractivity contribution is 7.93. The quantitative estimate of drug-likeness (QED) is 0.597. The third-order valence-electron chi connectivity index (χ3n) is 1.13. The Kier molecular flexibility index (Phi) is 1.99. The van der Waals surface area contributed by atoms with Crippen molar-refractivity contribution < 1.29 is 13.2 Å². The molecule has 0 saturated heterocycles. The van der Waals surface area contributed by atoms with Crippen LogP contribution in [0.5, 0.6) is 0 Å². The lowest BCUT2D eigenvalue weighted by Crippen LogP contribution is -2.11. The lowest BCUT2D eigenvalue weighted by atomic mass is 10.5. The second-order valence-electron chi connectivity index (χ2n) is 2.18. The molecule has 5 heteroatoms. The maximum absolute atomic E-state index is 10.9. The van der Waals surface area contributed by atoms with Crippen LogP contribution in [0.2, 0.25) is 0 Å². The van der Waals surface area contributed by atoms with Crippen LogP contribution in [0, 0.1) is 0 Å². The third-order valence-corrected chi connectivity index (χ3v) is 2.21. The van der Waals surface area contributed by atoms with E-state index >= 15 is 0 Å². The fourth-order valence-corrected chi connectivity index (χ4v) is 1.71. The average molecular weight is 175 g/mol. The average Bonchev–Trinajstić information content (AvgIpc) is 1.83. The van der Waals surface area contributed by atoms with Crippen molar-refractivity contribution in [1.29, 1.82) is 0 Å². The van der Waals surface area contributed by atoms with Gasteiger partial charge < -0.3 is 4.74 Å². The van der Waals surface area contributed by atoms with Gasteiger partial charge in [0.1, 0.15) is 5.76 Å². The van der Waals surface area contributed by atoms with Crippen LogP contribution in [0.1, 0.15) is 20.3 Å². The van der Waals surface area contributed by atoms with Crippen LogP contribution >= 0.6 is 0 Å². The standard InChI is InChI=1S/C6H9NO3S/c1-3-6-7-11(8,9)4-5(2)10-6/h4H,3H2,1-2H3. The van der Waals surface area contributed by atoms with E-state index in [9.17, 15) is 8.42 Å². The molecule has 1 rings (SSSR count). The summed E-state index contributed by atoms with van der Waals surface area (Å²) in [4.78, 5) is 0. The monoisotopic (exact) mass is 175 g/mol. The highest BCUT2D eigenvalue weighted by Crippen LogP contribution is 2.12. The van der Waals surface area contributed by atoms with E-state index in [1.165, 1.54) is 0 Å². The first kappa shape index (κ1) is 8.26. The minimum Gasteiger partial charge on any atom is -0.446 e. The molecule has 0 fully saturated rings. The molecule has 0 radical (unpaired) electrons. The van der Waals surface area contributed by atoms with Crippen LogP contribution < -0.4 is 0 Å². The van der Waals surface area contributed by atoms with E-state index in [1.807, 2.05) is 0 Å². The minimum atomic E-state index is -3.39. The Labute approximate surface area is 65.6 Å². The summed E-state index contributed by atoms with van der Waals surface area (Å²) >= 11 is 0. The SMILES string of the molecule is CCC1=NS(=O)(=O)C=C(C)O1. The third kappa shape index (κ3) is 2.04. The Morgan fingerprint density at radius 1 is 1.64 bits per heavy atom. The van der Waals surface area contributed by atoms with E-state index < -0.39 is 10.0 Å². The van der Waals surface area contributed by atoms with Gasteiger partial charge in [0.05, 0.1) is 5.41 Å². The molecular formula is C6H9NO3S. The number of ether oxygens (including phenoxy) is 1. The molecule has 0 unspecified atom stereocenters. The first-order valence-corrected chi connectivity index (χ1v) is 4.74. The molecule has 0 aromatic heterocycles. The molecule has 1 aliphatic heterocycles. The van der Waals surface area contributed by atoms with E-state index in [4.69, 9.17) is 4.74 Å². The molecule has 0 aromatic rings. The highest BCUT2D eigenvalue weighted by Gasteiger charge is 2.14. The maximum Gasteiger partial charge on any atom is 0.281 e. The first-order chi connectivity index (χ1) is 5.03. The predicted octanol–water partition coefficient (Wildman–Crippen LogP) is 1.02. The molecule has 62 valence electrons. The van der Waals surface area contributed by atoms with Crippen LogP contribution in [0.4, 0.5) is 0 Å². The number of sulfonamides is 1. The van der Waals surface area contributed by atoms with Crippen molar-refractivity contribution in [2.45, 2.75) is 20.3 Å². The van der Waals surface area contributed by atoms with Gasteiger partial charge in [0.25, 0.3) is 10.0 Å². The fraction of sp³-hybridized carbons (Fsp3) is 0.500. The summed E-state index contributed by atoms with van der Waals surface area (Å²) in [6.45, 7) is 3.37. The molecule has 11 heavy (non-hydrogen) atoms. The van der Waals surface area contributed by atoms with Crippen molar-refractivity contribution in [2.24, 2.45) is 4.40 Å². The van der Waals surface area contributed by atoms with Gasteiger partial charge in [0.15, 0.2) is 0 Å². The smallest absolute Gasteiger partial charge is 0.281 e. The molecule has 0 saturated carbocycles. The normalized spacial score (nSPS) is 21.6. The van der Waals surface area contributed by atoms with Crippen LogP contribution in [0.15, 0.2) is 15.6 Å². The van der Waals surface area contributed by atoms with Crippen LogP contribution in [-0.4, -0.2) is 14.3 Å². The zero-order valence-corrected chi connectivity index (χ0v) is 7.18. The van der Waals surface area contributed by atoms with E-state index in [1.54, 1.807) is 13.8 Å². The van der Waals surface area contributed by atoms with Gasteiger partial charge in [-0.2, -0.15) is 8.42 Å². The van der Waals surface area contributed by atoms with Gasteiger partial charge in [-0.1, -0.05) is 6.92 Å². The Morgan fingerprint density at radius 2 is 2.27 bits per heavy atom. The second-order valence-corrected chi connectivity index (χ2v) is 3.63. The summed E-state index contributed by atoms with van der Waals surface area (Å²) in [5.74, 6) is 0.627. The van der Waals surface area contributed by atoms with Gasteiger partial charge in [-0.25, -0.2) is 0 Å². The largest absolute Gasteiger partial charge is 0.446 e. The van der Waals surface area contributed by atoms with Crippen LogP contribution in [0.3, 0.4) is 0 Å². The van der Waals surface area contributed by atoms with Crippen LogP contribution in [0.25, 0.3) is 0 Å². The van der Waals surface area contributed by atoms with E-state index in [-0.39, 0.29) is 5.90 Å². The predicted molar refractivity (Wildman–Crippen MR) is 41.5 cm³/mol. The Hall–Kier alpha value is -0.840. The molecule has 1 heterocycles. The van der Waals surface area contributed by atoms with Crippen molar-refractivity contribution in [3.63, 3.8) is 0 Å². The molecule has 0 bridgehead atoms. The van der Waals surface area contributed by atoms with E-state index in [0.29, 0.717) is 12.2 Å². The van der Waals surface area contributed by atoms with Gasteiger partial charge in [-0.3, -0.25) is 0 Å². The van der Waals surface area contributed by atoms with Gasteiger partial charge in [-0.15, -0.1) is 4.40 Å². The molecule has 0 amide bonds. The van der Waals surface area contributed by atoms with E-state index in [2.05, 4.69) is 4.40 Å². The number of allylic oxidation sites excluding steroid dienone is 1. The Bertz CT molecular complexity index is 313. The van der Waals surface area contributed by atoms with Crippen molar-refractivity contribution in [1.82, 2.24) is 0 Å². The van der Waals surface area contributed by atoms with Gasteiger partial charge in [-0.05, 0) is 6.92 Å². The molecule has 0 spiro atoms. The Balaban J connectivity index is 3.03. The topological polar surface area (TPSA) is 55.7 Å². The van der Waals surface area contributed by atoms with Gasteiger partial charge >= 0.3 is 0 Å². The molecule has 0 aromatic carbocycles. The highest BCUT2D eigenvalue weighted by atomic mass is 32.2. The zero-order valence-electron chi connectivity index (χ0n) is 6.36. The lowest BCUT2D eigenvalue weighted by molar-refractivity contribution is 0.404. The van der Waals surface area contributed by atoms with Crippen molar-refractivity contribution in [3.05, 3.63) is 11.2 Å². The summed E-state index contributed by atoms with van der Waals surface area (Å²) in [5, 5.41) is 1.01. The molecular weight excluding hydrogens is 166 g/mol. The zero-order chi connectivity index (χ0) is 8.48. The molecule has 0 atom stereocenters. The lowest BCUT2D eigenvalue weighted by Gasteiger charge is -2.10. The van der Waals surface area contributed by atoms with E-state index in [0.717, 1.165) is 5.41 Å². The van der Waals surface area contributed by atoms with Crippen molar-refractivity contribution >= 4 is 15.9 Å².